The van der Waals surface area contributed by atoms with Gasteiger partial charge in [0.2, 0.25) is 0 Å². The number of imidazole rings is 1. The van der Waals surface area contributed by atoms with Gasteiger partial charge in [-0.2, -0.15) is 0 Å². The summed E-state index contributed by atoms with van der Waals surface area (Å²) in [6, 6.07) is 0. The van der Waals surface area contributed by atoms with E-state index in [2.05, 4.69) is 54.6 Å². The van der Waals surface area contributed by atoms with Gasteiger partial charge in [0.25, 0.3) is 0 Å². The van der Waals surface area contributed by atoms with Crippen LogP contribution in [0.5, 0.6) is 0 Å². The Labute approximate surface area is 160 Å². The van der Waals surface area contributed by atoms with Crippen LogP contribution in [0.1, 0.15) is 66.2 Å². The zero-order chi connectivity index (χ0) is 17.4. The molecular formula is C19H34N2S2Sn. The van der Waals surface area contributed by atoms with Crippen LogP contribution in [0, 0.1) is 0 Å². The minimum absolute atomic E-state index is 1.11. The zero-order valence-electron chi connectivity index (χ0n) is 15.9. The molecule has 0 aromatic carbocycles. The van der Waals surface area contributed by atoms with Crippen LogP contribution in [-0.4, -0.2) is 33.5 Å². The van der Waals surface area contributed by atoms with Crippen LogP contribution in [0.2, 0.25) is 13.3 Å². The van der Waals surface area contributed by atoms with Crippen molar-refractivity contribution in [3.05, 3.63) is 12.5 Å². The van der Waals surface area contributed by atoms with Crippen LogP contribution in [0.25, 0.3) is 4.83 Å². The van der Waals surface area contributed by atoms with E-state index in [4.69, 9.17) is 0 Å². The van der Waals surface area contributed by atoms with Crippen molar-refractivity contribution < 1.29 is 0 Å². The van der Waals surface area contributed by atoms with Crippen LogP contribution in [-0.2, 0) is 0 Å². The third-order valence-electron chi connectivity index (χ3n) is 5.01. The number of nitrogens with zero attached hydrogens (tertiary/aromatic N) is 2. The maximum atomic E-state index is 4.61. The summed E-state index contributed by atoms with van der Waals surface area (Å²) in [5.74, 6) is 1.11. The third kappa shape index (κ3) is 4.94. The Morgan fingerprint density at radius 1 is 1.00 bits per heavy atom. The fourth-order valence-electron chi connectivity index (χ4n) is 3.55. The summed E-state index contributed by atoms with van der Waals surface area (Å²) in [5.41, 5.74) is 0. The SMILES string of the molecule is CCC[CH2][Sn]([CH2]CCC)([CH2]CCC)[c]1cn2cnc(SCC)c2s1. The zero-order valence-corrected chi connectivity index (χ0v) is 20.4. The molecular weight excluding hydrogens is 439 g/mol. The Morgan fingerprint density at radius 2 is 1.58 bits per heavy atom. The molecule has 2 nitrogen and oxygen atoms in total. The molecule has 2 rings (SSSR count). The topological polar surface area (TPSA) is 17.3 Å². The number of thiazole rings is 1. The second-order valence-corrected chi connectivity index (χ2v) is 23.3. The summed E-state index contributed by atoms with van der Waals surface area (Å²) < 4.78 is 8.80. The van der Waals surface area contributed by atoms with Gasteiger partial charge in [0.15, 0.2) is 0 Å². The van der Waals surface area contributed by atoms with Gasteiger partial charge in [-0.25, -0.2) is 0 Å². The quantitative estimate of drug-likeness (QED) is 0.257. The Kier molecular flexibility index (Phi) is 8.99. The number of thioether (sulfide) groups is 1. The molecule has 0 aliphatic heterocycles. The summed E-state index contributed by atoms with van der Waals surface area (Å²) in [4.78, 5) is 6.02. The van der Waals surface area contributed by atoms with Crippen molar-refractivity contribution in [2.24, 2.45) is 0 Å². The van der Waals surface area contributed by atoms with E-state index in [9.17, 15) is 0 Å². The second kappa shape index (κ2) is 10.5. The van der Waals surface area contributed by atoms with Crippen molar-refractivity contribution in [1.82, 2.24) is 9.38 Å². The summed E-state index contributed by atoms with van der Waals surface area (Å²) >= 11 is 1.73. The standard InChI is InChI=1S/C7H7N2S2.3C4H9.Sn/c1-2-10-6-7-9(5-8-6)3-4-11-7;3*1-3-4-2;/h3,5H,2H2,1H3;3*1,3-4H2,2H3;. The molecule has 0 spiro atoms. The molecule has 0 N–H and O–H groups in total. The Bertz CT molecular complexity index is 584. The van der Waals surface area contributed by atoms with Gasteiger partial charge in [-0.05, 0) is 0 Å². The van der Waals surface area contributed by atoms with Gasteiger partial charge in [-0.15, -0.1) is 0 Å². The molecule has 2 aromatic rings. The molecule has 5 heteroatoms. The van der Waals surface area contributed by atoms with Gasteiger partial charge in [0, 0.05) is 0 Å². The van der Waals surface area contributed by atoms with Crippen LogP contribution < -0.4 is 2.89 Å². The molecule has 136 valence electrons. The van der Waals surface area contributed by atoms with Crippen molar-refractivity contribution in [1.29, 1.82) is 0 Å². The van der Waals surface area contributed by atoms with E-state index < -0.39 is 18.4 Å². The first kappa shape index (κ1) is 20.6. The fourth-order valence-corrected chi connectivity index (χ4v) is 24.4. The molecule has 0 atom stereocenters. The van der Waals surface area contributed by atoms with Gasteiger partial charge in [-0.3, -0.25) is 0 Å². The molecule has 2 aromatic heterocycles. The maximum absolute atomic E-state index is 4.61. The first-order chi connectivity index (χ1) is 11.7. The van der Waals surface area contributed by atoms with Crippen LogP contribution in [0.3, 0.4) is 0 Å². The predicted octanol–water partition coefficient (Wildman–Crippen LogP) is 6.56. The summed E-state index contributed by atoms with van der Waals surface area (Å²) in [5, 5.41) is 1.25. The minimum atomic E-state index is -2.27. The number of unbranched alkanes of at least 4 members (excludes halogenated alkanes) is 3. The first-order valence-corrected chi connectivity index (χ1v) is 19.1. The number of fused-ring (bicyclic) bond motifs is 1. The van der Waals surface area contributed by atoms with Crippen LogP contribution >= 0.6 is 23.1 Å². The molecule has 0 fully saturated rings. The number of hydrogen-bond donors (Lipinski definition) is 0. The van der Waals surface area contributed by atoms with Crippen LogP contribution in [0.4, 0.5) is 0 Å². The Hall–Kier alpha value is 0.319. The van der Waals surface area contributed by atoms with E-state index in [0.717, 1.165) is 5.75 Å². The van der Waals surface area contributed by atoms with Gasteiger partial charge in [0.05, 0.1) is 0 Å². The Morgan fingerprint density at radius 3 is 2.08 bits per heavy atom. The average molecular weight is 473 g/mol. The number of rotatable bonds is 12. The van der Waals surface area contributed by atoms with Gasteiger partial charge in [-0.1, -0.05) is 0 Å². The molecule has 0 saturated heterocycles. The molecule has 2 heterocycles. The van der Waals surface area contributed by atoms with Gasteiger partial charge >= 0.3 is 161 Å². The van der Waals surface area contributed by atoms with Crippen molar-refractivity contribution in [2.75, 3.05) is 5.75 Å². The van der Waals surface area contributed by atoms with E-state index >= 15 is 0 Å². The molecule has 24 heavy (non-hydrogen) atoms. The van der Waals surface area contributed by atoms with Crippen molar-refractivity contribution >= 4 is 49.2 Å². The normalized spacial score (nSPS) is 12.3. The van der Waals surface area contributed by atoms with E-state index in [1.807, 2.05) is 21.0 Å². The molecule has 0 bridgehead atoms. The molecule has 0 saturated carbocycles. The fraction of sp³-hybridized carbons (Fsp3) is 0.737. The molecule has 0 aliphatic carbocycles. The molecule has 0 aliphatic rings. The van der Waals surface area contributed by atoms with Gasteiger partial charge in [0.1, 0.15) is 0 Å². The molecule has 0 unspecified atom stereocenters. The second-order valence-electron chi connectivity index (χ2n) is 6.88. The van der Waals surface area contributed by atoms with Crippen molar-refractivity contribution in [3.63, 3.8) is 0 Å². The van der Waals surface area contributed by atoms with Crippen LogP contribution in [0.15, 0.2) is 17.6 Å². The van der Waals surface area contributed by atoms with Crippen molar-refractivity contribution in [2.45, 2.75) is 84.6 Å². The molecule has 0 radical (unpaired) electrons. The number of hydrogen-bond acceptors (Lipinski definition) is 3. The summed E-state index contributed by atoms with van der Waals surface area (Å²) in [6.45, 7) is 9.29. The van der Waals surface area contributed by atoms with E-state index in [-0.39, 0.29) is 0 Å². The van der Waals surface area contributed by atoms with E-state index in [0.29, 0.717) is 0 Å². The Balaban J connectivity index is 2.38. The number of aromatic nitrogens is 2. The third-order valence-corrected chi connectivity index (χ3v) is 25.3. The predicted molar refractivity (Wildman–Crippen MR) is 114 cm³/mol. The van der Waals surface area contributed by atoms with Crippen molar-refractivity contribution in [3.8, 4) is 0 Å². The summed E-state index contributed by atoms with van der Waals surface area (Å²) in [6.07, 6.45) is 12.9. The molecule has 0 amide bonds. The average Bonchev–Trinajstić information content (AvgIpc) is 3.17. The van der Waals surface area contributed by atoms with E-state index in [1.165, 1.54) is 48.4 Å². The first-order valence-electron chi connectivity index (χ1n) is 9.80. The monoisotopic (exact) mass is 474 g/mol. The van der Waals surface area contributed by atoms with Gasteiger partial charge < -0.3 is 0 Å². The van der Waals surface area contributed by atoms with E-state index in [1.54, 1.807) is 13.3 Å². The summed E-state index contributed by atoms with van der Waals surface area (Å²) in [7, 11) is 0.